The van der Waals surface area contributed by atoms with Gasteiger partial charge in [-0.05, 0) is 45.4 Å². The van der Waals surface area contributed by atoms with Crippen LogP contribution >= 0.6 is 0 Å². The van der Waals surface area contributed by atoms with Crippen molar-refractivity contribution in [2.75, 3.05) is 0 Å². The number of esters is 1. The van der Waals surface area contributed by atoms with E-state index in [2.05, 4.69) is 5.32 Å². The van der Waals surface area contributed by atoms with Crippen LogP contribution in [-0.2, 0) is 14.3 Å². The van der Waals surface area contributed by atoms with Crippen LogP contribution in [0.25, 0.3) is 0 Å². The molecule has 122 valence electrons. The number of carbonyl (C=O) groups is 2. The first-order valence-corrected chi connectivity index (χ1v) is 8.88. The Labute approximate surface area is 132 Å². The normalized spacial score (nSPS) is 26.0. The summed E-state index contributed by atoms with van der Waals surface area (Å²) in [7, 11) is 0. The highest BCUT2D eigenvalue weighted by atomic mass is 16.6. The molecule has 3 aliphatic rings. The number of carbonyl (C=O) groups excluding carboxylic acids is 2. The van der Waals surface area contributed by atoms with Gasteiger partial charge in [-0.1, -0.05) is 32.1 Å². The van der Waals surface area contributed by atoms with Gasteiger partial charge >= 0.3 is 5.97 Å². The molecule has 0 aromatic heterocycles. The van der Waals surface area contributed by atoms with E-state index in [0.717, 1.165) is 51.4 Å². The fourth-order valence-corrected chi connectivity index (χ4v) is 4.28. The molecule has 4 nitrogen and oxygen atoms in total. The molecule has 0 aromatic carbocycles. The fraction of sp³-hybridized carbons (Fsp3) is 0.778. The number of ether oxygens (including phenoxy) is 1. The van der Waals surface area contributed by atoms with Crippen LogP contribution in [0.2, 0.25) is 0 Å². The summed E-state index contributed by atoms with van der Waals surface area (Å²) in [6.45, 7) is 1.75. The predicted molar refractivity (Wildman–Crippen MR) is 84.2 cm³/mol. The average Bonchev–Trinajstić information content (AvgIpc) is 2.66. The Morgan fingerprint density at radius 2 is 1.64 bits per heavy atom. The van der Waals surface area contributed by atoms with Gasteiger partial charge in [-0.2, -0.15) is 0 Å². The molecule has 2 saturated carbocycles. The number of hydrogen-bond acceptors (Lipinski definition) is 3. The largest absolute Gasteiger partial charge is 0.451 e. The highest BCUT2D eigenvalue weighted by molar-refractivity contribution is 6.07. The van der Waals surface area contributed by atoms with Gasteiger partial charge < -0.3 is 10.1 Å². The number of amides is 1. The van der Waals surface area contributed by atoms with Crippen LogP contribution in [-0.4, -0.2) is 23.5 Å². The Bertz CT molecular complexity index is 481. The van der Waals surface area contributed by atoms with Crippen molar-refractivity contribution in [2.45, 2.75) is 89.2 Å². The Morgan fingerprint density at radius 1 is 1.05 bits per heavy atom. The molecule has 0 bridgehead atoms. The molecule has 4 heteroatoms. The van der Waals surface area contributed by atoms with Gasteiger partial charge in [0.1, 0.15) is 5.60 Å². The molecule has 1 amide bonds. The summed E-state index contributed by atoms with van der Waals surface area (Å²) >= 11 is 0. The minimum absolute atomic E-state index is 0.0582. The highest BCUT2D eigenvalue weighted by Gasteiger charge is 2.49. The lowest BCUT2D eigenvalue weighted by Crippen LogP contribution is -2.43. The van der Waals surface area contributed by atoms with Crippen molar-refractivity contribution in [3.8, 4) is 0 Å². The smallest absolute Gasteiger partial charge is 0.335 e. The van der Waals surface area contributed by atoms with Crippen LogP contribution in [0, 0.1) is 0 Å². The lowest BCUT2D eigenvalue weighted by Gasteiger charge is -2.31. The summed E-state index contributed by atoms with van der Waals surface area (Å²) in [5.74, 6) is -0.354. The Balaban J connectivity index is 1.80. The SMILES string of the molecule is CC1=C(C(=O)NC2CCCCC2)C2(CCCCCC2)OC1=O. The summed E-state index contributed by atoms with van der Waals surface area (Å²) < 4.78 is 5.73. The second-order valence-corrected chi connectivity index (χ2v) is 7.11. The lowest BCUT2D eigenvalue weighted by atomic mass is 9.84. The second-order valence-electron chi connectivity index (χ2n) is 7.11. The van der Waals surface area contributed by atoms with Gasteiger partial charge in [0, 0.05) is 11.6 Å². The summed E-state index contributed by atoms with van der Waals surface area (Å²) in [4.78, 5) is 25.0. The zero-order valence-corrected chi connectivity index (χ0v) is 13.6. The third-order valence-corrected chi connectivity index (χ3v) is 5.50. The summed E-state index contributed by atoms with van der Waals surface area (Å²) in [6, 6.07) is 0.264. The Morgan fingerprint density at radius 3 is 2.27 bits per heavy atom. The molecular formula is C18H27NO3. The van der Waals surface area contributed by atoms with Crippen molar-refractivity contribution in [1.82, 2.24) is 5.32 Å². The van der Waals surface area contributed by atoms with Gasteiger partial charge in [0.2, 0.25) is 0 Å². The topological polar surface area (TPSA) is 55.4 Å². The van der Waals surface area contributed by atoms with Crippen LogP contribution in [0.3, 0.4) is 0 Å². The average molecular weight is 305 g/mol. The van der Waals surface area contributed by atoms with Crippen molar-refractivity contribution in [2.24, 2.45) is 0 Å². The molecule has 1 spiro atoms. The standard InChI is InChI=1S/C18H27NO3/c1-13-15(16(20)19-14-9-5-4-6-10-14)18(22-17(13)21)11-7-2-3-8-12-18/h14H,2-12H2,1H3,(H,19,20). The molecule has 1 heterocycles. The third kappa shape index (κ3) is 2.92. The van der Waals surface area contributed by atoms with Crippen LogP contribution in [0.15, 0.2) is 11.1 Å². The Kier molecular flexibility index (Phi) is 4.55. The number of nitrogens with one attached hydrogen (secondary N) is 1. The maximum absolute atomic E-state index is 12.9. The fourth-order valence-electron chi connectivity index (χ4n) is 4.28. The van der Waals surface area contributed by atoms with Crippen LogP contribution in [0.1, 0.15) is 77.6 Å². The van der Waals surface area contributed by atoms with Crippen LogP contribution < -0.4 is 5.32 Å². The maximum Gasteiger partial charge on any atom is 0.335 e. The van der Waals surface area contributed by atoms with Gasteiger partial charge in [0.15, 0.2) is 0 Å². The van der Waals surface area contributed by atoms with Gasteiger partial charge in [-0.15, -0.1) is 0 Å². The van der Waals surface area contributed by atoms with Gasteiger partial charge in [0.25, 0.3) is 5.91 Å². The van der Waals surface area contributed by atoms with E-state index < -0.39 is 5.60 Å². The zero-order valence-electron chi connectivity index (χ0n) is 13.6. The van der Waals surface area contributed by atoms with E-state index in [1.165, 1.54) is 19.3 Å². The van der Waals surface area contributed by atoms with E-state index >= 15 is 0 Å². The van der Waals surface area contributed by atoms with Crippen LogP contribution in [0.4, 0.5) is 0 Å². The van der Waals surface area contributed by atoms with E-state index in [9.17, 15) is 9.59 Å². The minimum atomic E-state index is -0.642. The lowest BCUT2D eigenvalue weighted by molar-refractivity contribution is -0.148. The van der Waals surface area contributed by atoms with Crippen molar-refractivity contribution < 1.29 is 14.3 Å². The molecular weight excluding hydrogens is 278 g/mol. The summed E-state index contributed by atoms with van der Waals surface area (Å²) in [5, 5.41) is 3.17. The first kappa shape index (κ1) is 15.6. The van der Waals surface area contributed by atoms with E-state index in [-0.39, 0.29) is 17.9 Å². The molecule has 22 heavy (non-hydrogen) atoms. The van der Waals surface area contributed by atoms with Crippen molar-refractivity contribution in [3.05, 3.63) is 11.1 Å². The molecule has 0 atom stereocenters. The molecule has 2 fully saturated rings. The molecule has 0 aromatic rings. The second kappa shape index (κ2) is 6.43. The van der Waals surface area contributed by atoms with E-state index in [4.69, 9.17) is 4.74 Å². The quantitative estimate of drug-likeness (QED) is 0.796. The molecule has 0 saturated heterocycles. The van der Waals surface area contributed by atoms with Gasteiger partial charge in [0.05, 0.1) is 5.57 Å². The van der Waals surface area contributed by atoms with Crippen molar-refractivity contribution in [1.29, 1.82) is 0 Å². The molecule has 1 aliphatic heterocycles. The molecule has 0 unspecified atom stereocenters. The van der Waals surface area contributed by atoms with E-state index in [1.54, 1.807) is 6.92 Å². The van der Waals surface area contributed by atoms with Gasteiger partial charge in [-0.25, -0.2) is 4.79 Å². The first-order valence-electron chi connectivity index (χ1n) is 8.88. The maximum atomic E-state index is 12.9. The molecule has 2 aliphatic carbocycles. The molecule has 3 rings (SSSR count). The van der Waals surface area contributed by atoms with Crippen molar-refractivity contribution >= 4 is 11.9 Å². The molecule has 1 N–H and O–H groups in total. The van der Waals surface area contributed by atoms with E-state index in [1.807, 2.05) is 0 Å². The van der Waals surface area contributed by atoms with Crippen molar-refractivity contribution in [3.63, 3.8) is 0 Å². The summed E-state index contributed by atoms with van der Waals surface area (Å²) in [5.41, 5.74) is 0.511. The Hall–Kier alpha value is -1.32. The highest BCUT2D eigenvalue weighted by Crippen LogP contribution is 2.43. The monoisotopic (exact) mass is 305 g/mol. The first-order chi connectivity index (χ1) is 10.6. The van der Waals surface area contributed by atoms with Crippen LogP contribution in [0.5, 0.6) is 0 Å². The zero-order chi connectivity index (χ0) is 15.6. The van der Waals surface area contributed by atoms with Gasteiger partial charge in [-0.3, -0.25) is 4.79 Å². The number of hydrogen-bond donors (Lipinski definition) is 1. The minimum Gasteiger partial charge on any atom is -0.451 e. The third-order valence-electron chi connectivity index (χ3n) is 5.50. The summed E-state index contributed by atoms with van der Waals surface area (Å²) in [6.07, 6.45) is 11.7. The number of rotatable bonds is 2. The molecule has 0 radical (unpaired) electrons. The van der Waals surface area contributed by atoms with E-state index in [0.29, 0.717) is 11.1 Å². The predicted octanol–water partition coefficient (Wildman–Crippen LogP) is 3.40.